The third kappa shape index (κ3) is 1.75. The largest absolute Gasteiger partial charge is 0.369 e. The first-order chi connectivity index (χ1) is 6.83. The van der Waals surface area contributed by atoms with Crippen molar-refractivity contribution in [1.82, 2.24) is 9.78 Å². The van der Waals surface area contributed by atoms with Crippen LogP contribution in [0.4, 0.5) is 5.69 Å². The number of nitrogens with zero attached hydrogens (tertiary/aromatic N) is 3. The Kier molecular flexibility index (Phi) is 2.72. The molecule has 4 heteroatoms. The highest BCUT2D eigenvalue weighted by Gasteiger charge is 2.21. The van der Waals surface area contributed by atoms with Gasteiger partial charge < -0.3 is 10.6 Å². The summed E-state index contributed by atoms with van der Waals surface area (Å²) in [7, 11) is 0. The van der Waals surface area contributed by atoms with Crippen molar-refractivity contribution in [3.63, 3.8) is 0 Å². The summed E-state index contributed by atoms with van der Waals surface area (Å²) >= 11 is 0. The Balaban J connectivity index is 2.02. The second kappa shape index (κ2) is 4.00. The minimum Gasteiger partial charge on any atom is -0.369 e. The van der Waals surface area contributed by atoms with Crippen LogP contribution in [-0.2, 0) is 6.54 Å². The van der Waals surface area contributed by atoms with E-state index < -0.39 is 0 Å². The summed E-state index contributed by atoms with van der Waals surface area (Å²) < 4.78 is 1.96. The van der Waals surface area contributed by atoms with Gasteiger partial charge in [-0.15, -0.1) is 0 Å². The van der Waals surface area contributed by atoms with E-state index in [0.717, 1.165) is 26.2 Å². The van der Waals surface area contributed by atoms with Crippen LogP contribution in [0.1, 0.15) is 13.3 Å². The van der Waals surface area contributed by atoms with Gasteiger partial charge in [0.05, 0.1) is 11.9 Å². The zero-order valence-corrected chi connectivity index (χ0v) is 8.69. The van der Waals surface area contributed by atoms with E-state index in [9.17, 15) is 0 Å². The van der Waals surface area contributed by atoms with Crippen LogP contribution in [0, 0.1) is 5.92 Å². The molecule has 2 rings (SSSR count). The quantitative estimate of drug-likeness (QED) is 0.770. The molecule has 1 fully saturated rings. The van der Waals surface area contributed by atoms with Gasteiger partial charge in [-0.3, -0.25) is 4.68 Å². The van der Waals surface area contributed by atoms with E-state index in [1.807, 2.05) is 10.9 Å². The predicted octanol–water partition coefficient (Wildman–Crippen LogP) is 0.688. The van der Waals surface area contributed by atoms with Crippen LogP contribution in [0.5, 0.6) is 0 Å². The zero-order chi connectivity index (χ0) is 9.97. The molecule has 1 aromatic rings. The molecule has 0 amide bonds. The molecule has 14 heavy (non-hydrogen) atoms. The lowest BCUT2D eigenvalue weighted by Gasteiger charge is -2.15. The Morgan fingerprint density at radius 1 is 1.64 bits per heavy atom. The van der Waals surface area contributed by atoms with Gasteiger partial charge in [0.1, 0.15) is 0 Å². The Hall–Kier alpha value is -1.03. The number of aromatic nitrogens is 2. The maximum Gasteiger partial charge on any atom is 0.0752 e. The molecule has 0 bridgehead atoms. The summed E-state index contributed by atoms with van der Waals surface area (Å²) in [6, 6.07) is 0. The fourth-order valence-corrected chi connectivity index (χ4v) is 1.95. The molecule has 2 N–H and O–H groups in total. The topological polar surface area (TPSA) is 47.1 Å². The molecule has 4 nitrogen and oxygen atoms in total. The van der Waals surface area contributed by atoms with E-state index in [1.165, 1.54) is 12.1 Å². The molecule has 78 valence electrons. The molecular weight excluding hydrogens is 176 g/mol. The number of anilines is 1. The van der Waals surface area contributed by atoms with Crippen LogP contribution in [0.15, 0.2) is 12.4 Å². The van der Waals surface area contributed by atoms with Crippen LogP contribution < -0.4 is 10.6 Å². The predicted molar refractivity (Wildman–Crippen MR) is 57.3 cm³/mol. The number of rotatable bonds is 3. The maximum absolute atomic E-state index is 5.66. The third-order valence-electron chi connectivity index (χ3n) is 2.93. The smallest absolute Gasteiger partial charge is 0.0752 e. The van der Waals surface area contributed by atoms with E-state index >= 15 is 0 Å². The van der Waals surface area contributed by atoms with Crippen LogP contribution in [-0.4, -0.2) is 29.4 Å². The van der Waals surface area contributed by atoms with E-state index in [-0.39, 0.29) is 0 Å². The Morgan fingerprint density at radius 2 is 2.50 bits per heavy atom. The number of aryl methyl sites for hydroxylation is 1. The summed E-state index contributed by atoms with van der Waals surface area (Å²) in [6.45, 7) is 6.05. The Labute approximate surface area is 84.7 Å². The van der Waals surface area contributed by atoms with Gasteiger partial charge in [0.25, 0.3) is 0 Å². The van der Waals surface area contributed by atoms with Gasteiger partial charge in [-0.2, -0.15) is 5.10 Å². The van der Waals surface area contributed by atoms with Crippen molar-refractivity contribution >= 4 is 5.69 Å². The second-order valence-corrected chi connectivity index (χ2v) is 3.89. The molecule has 0 saturated carbocycles. The molecule has 1 aliphatic rings. The molecule has 1 aliphatic heterocycles. The maximum atomic E-state index is 5.66. The fourth-order valence-electron chi connectivity index (χ4n) is 1.95. The Morgan fingerprint density at radius 3 is 3.07 bits per heavy atom. The third-order valence-corrected chi connectivity index (χ3v) is 2.93. The van der Waals surface area contributed by atoms with Crippen molar-refractivity contribution in [1.29, 1.82) is 0 Å². The standard InChI is InChI=1S/C10H18N4/c1-2-14-8-10(6-12-14)13-4-3-9(5-11)7-13/h6,8-9H,2-5,7,11H2,1H3. The molecule has 0 aromatic carbocycles. The highest BCUT2D eigenvalue weighted by atomic mass is 15.3. The normalized spacial score (nSPS) is 21.9. The monoisotopic (exact) mass is 194 g/mol. The average molecular weight is 194 g/mol. The molecule has 0 spiro atoms. The molecule has 1 aromatic heterocycles. The van der Waals surface area contributed by atoms with E-state index in [2.05, 4.69) is 23.1 Å². The SMILES string of the molecule is CCn1cc(N2CCC(CN)C2)cn1. The number of hydrogen-bond acceptors (Lipinski definition) is 3. The van der Waals surface area contributed by atoms with Gasteiger partial charge in [0, 0.05) is 25.8 Å². The average Bonchev–Trinajstić information content (AvgIpc) is 2.86. The molecule has 1 saturated heterocycles. The van der Waals surface area contributed by atoms with Crippen molar-refractivity contribution in [2.24, 2.45) is 11.7 Å². The molecule has 1 atom stereocenters. The van der Waals surface area contributed by atoms with E-state index in [1.54, 1.807) is 0 Å². The van der Waals surface area contributed by atoms with Gasteiger partial charge in [-0.1, -0.05) is 0 Å². The second-order valence-electron chi connectivity index (χ2n) is 3.89. The van der Waals surface area contributed by atoms with Crippen molar-refractivity contribution in [3.05, 3.63) is 12.4 Å². The summed E-state index contributed by atoms with van der Waals surface area (Å²) in [6.07, 6.45) is 5.27. The fraction of sp³-hybridized carbons (Fsp3) is 0.700. The first-order valence-corrected chi connectivity index (χ1v) is 5.31. The molecule has 2 heterocycles. The first kappa shape index (κ1) is 9.52. The lowest BCUT2D eigenvalue weighted by Crippen LogP contribution is -2.22. The number of hydrogen-bond donors (Lipinski definition) is 1. The van der Waals surface area contributed by atoms with Gasteiger partial charge >= 0.3 is 0 Å². The highest BCUT2D eigenvalue weighted by molar-refractivity contribution is 5.43. The van der Waals surface area contributed by atoms with E-state index in [4.69, 9.17) is 5.73 Å². The summed E-state index contributed by atoms with van der Waals surface area (Å²) in [4.78, 5) is 2.37. The van der Waals surface area contributed by atoms with Crippen molar-refractivity contribution < 1.29 is 0 Å². The molecule has 0 radical (unpaired) electrons. The first-order valence-electron chi connectivity index (χ1n) is 5.31. The van der Waals surface area contributed by atoms with Gasteiger partial charge in [-0.05, 0) is 25.8 Å². The molecular formula is C10H18N4. The van der Waals surface area contributed by atoms with Gasteiger partial charge in [0.2, 0.25) is 0 Å². The minimum atomic E-state index is 0.667. The number of nitrogens with two attached hydrogens (primary N) is 1. The summed E-state index contributed by atoms with van der Waals surface area (Å²) in [5.41, 5.74) is 6.90. The van der Waals surface area contributed by atoms with Crippen molar-refractivity contribution in [2.75, 3.05) is 24.5 Å². The van der Waals surface area contributed by atoms with Crippen LogP contribution in [0.25, 0.3) is 0 Å². The minimum absolute atomic E-state index is 0.667. The van der Waals surface area contributed by atoms with Gasteiger partial charge in [0.15, 0.2) is 0 Å². The lowest BCUT2D eigenvalue weighted by atomic mass is 10.1. The molecule has 0 aliphatic carbocycles. The van der Waals surface area contributed by atoms with Crippen LogP contribution >= 0.6 is 0 Å². The zero-order valence-electron chi connectivity index (χ0n) is 8.69. The Bertz CT molecular complexity index is 294. The highest BCUT2D eigenvalue weighted by Crippen LogP contribution is 2.22. The van der Waals surface area contributed by atoms with Crippen molar-refractivity contribution in [3.8, 4) is 0 Å². The molecule has 1 unspecified atom stereocenters. The summed E-state index contributed by atoms with van der Waals surface area (Å²) in [5.74, 6) is 0.667. The van der Waals surface area contributed by atoms with Crippen LogP contribution in [0.2, 0.25) is 0 Å². The van der Waals surface area contributed by atoms with Crippen molar-refractivity contribution in [2.45, 2.75) is 19.9 Å². The lowest BCUT2D eigenvalue weighted by molar-refractivity contribution is 0.602. The van der Waals surface area contributed by atoms with E-state index in [0.29, 0.717) is 5.92 Å². The van der Waals surface area contributed by atoms with Crippen LogP contribution in [0.3, 0.4) is 0 Å². The van der Waals surface area contributed by atoms with Gasteiger partial charge in [-0.25, -0.2) is 0 Å². The summed E-state index contributed by atoms with van der Waals surface area (Å²) in [5, 5.41) is 4.27.